The molecule has 2 fully saturated rings. The van der Waals surface area contributed by atoms with Crippen molar-refractivity contribution in [2.75, 3.05) is 13.1 Å². The van der Waals surface area contributed by atoms with Crippen LogP contribution >= 0.6 is 0 Å². The zero-order valence-corrected chi connectivity index (χ0v) is 12.6. The summed E-state index contributed by atoms with van der Waals surface area (Å²) in [6.07, 6.45) is 5.50. The fourth-order valence-electron chi connectivity index (χ4n) is 3.57. The summed E-state index contributed by atoms with van der Waals surface area (Å²) in [6, 6.07) is 2.79. The number of fused-ring (bicyclic) bond motifs is 1. The van der Waals surface area contributed by atoms with Crippen molar-refractivity contribution in [3.8, 4) is 0 Å². The van der Waals surface area contributed by atoms with Gasteiger partial charge in [0.2, 0.25) is 10.0 Å². The molecule has 2 aliphatic rings. The molecule has 21 heavy (non-hydrogen) atoms. The Balaban J connectivity index is 1.83. The summed E-state index contributed by atoms with van der Waals surface area (Å²) in [5.41, 5.74) is 0. The van der Waals surface area contributed by atoms with Gasteiger partial charge in [0.05, 0.1) is 4.90 Å². The standard InChI is InChI=1S/C15H19F2NO2S/c16-14-6-5-13(9-15(14)17)21(19,20)18-8-7-11-3-1-2-4-12(11)10-18/h5-6,9,11-12H,1-4,7-8,10H2/t11-,12+/m0/s1. The van der Waals surface area contributed by atoms with Gasteiger partial charge >= 0.3 is 0 Å². The van der Waals surface area contributed by atoms with Crippen molar-refractivity contribution in [3.05, 3.63) is 29.8 Å². The molecule has 1 aliphatic carbocycles. The van der Waals surface area contributed by atoms with Crippen molar-refractivity contribution in [3.63, 3.8) is 0 Å². The number of sulfonamides is 1. The number of piperidine rings is 1. The van der Waals surface area contributed by atoms with Crippen LogP contribution in [-0.4, -0.2) is 25.8 Å². The molecule has 1 aliphatic heterocycles. The Hall–Kier alpha value is -1.01. The van der Waals surface area contributed by atoms with Gasteiger partial charge in [0.25, 0.3) is 0 Å². The second-order valence-electron chi connectivity index (χ2n) is 6.03. The van der Waals surface area contributed by atoms with Crippen molar-refractivity contribution in [1.82, 2.24) is 4.31 Å². The van der Waals surface area contributed by atoms with E-state index in [1.54, 1.807) is 0 Å². The van der Waals surface area contributed by atoms with Crippen LogP contribution in [0.5, 0.6) is 0 Å². The van der Waals surface area contributed by atoms with Crippen molar-refractivity contribution < 1.29 is 17.2 Å². The predicted molar refractivity (Wildman–Crippen MR) is 75.2 cm³/mol. The van der Waals surface area contributed by atoms with E-state index < -0.39 is 21.7 Å². The lowest BCUT2D eigenvalue weighted by Gasteiger charge is -2.40. The first kappa shape index (κ1) is 14.9. The van der Waals surface area contributed by atoms with Crippen LogP contribution in [-0.2, 0) is 10.0 Å². The van der Waals surface area contributed by atoms with E-state index in [1.165, 1.54) is 17.1 Å². The van der Waals surface area contributed by atoms with Gasteiger partial charge < -0.3 is 0 Å². The Labute approximate surface area is 124 Å². The number of hydrogen-bond donors (Lipinski definition) is 0. The molecule has 0 spiro atoms. The van der Waals surface area contributed by atoms with Gasteiger partial charge in [0.15, 0.2) is 11.6 Å². The summed E-state index contributed by atoms with van der Waals surface area (Å²) in [7, 11) is -3.73. The molecule has 0 amide bonds. The van der Waals surface area contributed by atoms with Crippen LogP contribution in [0.4, 0.5) is 8.78 Å². The summed E-state index contributed by atoms with van der Waals surface area (Å²) in [4.78, 5) is -0.157. The minimum absolute atomic E-state index is 0.157. The first-order chi connectivity index (χ1) is 9.98. The third-order valence-electron chi connectivity index (χ3n) is 4.78. The summed E-state index contributed by atoms with van der Waals surface area (Å²) >= 11 is 0. The largest absolute Gasteiger partial charge is 0.243 e. The fourth-order valence-corrected chi connectivity index (χ4v) is 5.10. The topological polar surface area (TPSA) is 37.4 Å². The maximum absolute atomic E-state index is 13.3. The average molecular weight is 315 g/mol. The highest BCUT2D eigenvalue weighted by Crippen LogP contribution is 2.37. The van der Waals surface area contributed by atoms with Crippen LogP contribution in [0.1, 0.15) is 32.1 Å². The summed E-state index contributed by atoms with van der Waals surface area (Å²) < 4.78 is 52.8. The predicted octanol–water partition coefficient (Wildman–Crippen LogP) is 3.17. The molecule has 0 bridgehead atoms. The molecule has 3 rings (SSSR count). The van der Waals surface area contributed by atoms with E-state index in [-0.39, 0.29) is 4.90 Å². The Morgan fingerprint density at radius 1 is 1.00 bits per heavy atom. The third kappa shape index (κ3) is 2.83. The van der Waals surface area contributed by atoms with E-state index in [0.717, 1.165) is 37.5 Å². The van der Waals surface area contributed by atoms with E-state index in [1.807, 2.05) is 0 Å². The summed E-state index contributed by atoms with van der Waals surface area (Å²) in [5.74, 6) is -1.12. The highest BCUT2D eigenvalue weighted by Gasteiger charge is 2.36. The lowest BCUT2D eigenvalue weighted by Crippen LogP contribution is -2.44. The Bertz CT molecular complexity index is 633. The number of nitrogens with zero attached hydrogens (tertiary/aromatic N) is 1. The van der Waals surface area contributed by atoms with Gasteiger partial charge in [0, 0.05) is 13.1 Å². The van der Waals surface area contributed by atoms with E-state index in [2.05, 4.69) is 0 Å². The molecule has 116 valence electrons. The number of halogens is 2. The van der Waals surface area contributed by atoms with Gasteiger partial charge in [-0.25, -0.2) is 17.2 Å². The quantitative estimate of drug-likeness (QED) is 0.840. The van der Waals surface area contributed by atoms with Crippen molar-refractivity contribution in [2.45, 2.75) is 37.0 Å². The van der Waals surface area contributed by atoms with Crippen LogP contribution in [0, 0.1) is 23.5 Å². The molecule has 6 heteroatoms. The van der Waals surface area contributed by atoms with Gasteiger partial charge in [-0.1, -0.05) is 19.3 Å². The third-order valence-corrected chi connectivity index (χ3v) is 6.64. The van der Waals surface area contributed by atoms with Crippen LogP contribution in [0.3, 0.4) is 0 Å². The van der Waals surface area contributed by atoms with Crippen molar-refractivity contribution in [2.24, 2.45) is 11.8 Å². The fraction of sp³-hybridized carbons (Fsp3) is 0.600. The first-order valence-electron chi connectivity index (χ1n) is 7.43. The maximum Gasteiger partial charge on any atom is 0.243 e. The molecule has 0 N–H and O–H groups in total. The molecule has 0 radical (unpaired) electrons. The van der Waals surface area contributed by atoms with E-state index in [0.29, 0.717) is 24.9 Å². The molecule has 1 saturated heterocycles. The zero-order chi connectivity index (χ0) is 15.0. The average Bonchev–Trinajstić information content (AvgIpc) is 2.49. The summed E-state index contributed by atoms with van der Waals surface area (Å²) in [6.45, 7) is 0.981. The van der Waals surface area contributed by atoms with E-state index in [4.69, 9.17) is 0 Å². The Morgan fingerprint density at radius 2 is 1.71 bits per heavy atom. The molecule has 0 aromatic heterocycles. The molecular weight excluding hydrogens is 296 g/mol. The van der Waals surface area contributed by atoms with E-state index in [9.17, 15) is 17.2 Å². The Morgan fingerprint density at radius 3 is 2.43 bits per heavy atom. The monoisotopic (exact) mass is 315 g/mol. The van der Waals surface area contributed by atoms with Crippen LogP contribution in [0.2, 0.25) is 0 Å². The summed E-state index contributed by atoms with van der Waals surface area (Å²) in [5, 5.41) is 0. The molecule has 1 aromatic carbocycles. The van der Waals surface area contributed by atoms with Crippen LogP contribution in [0.25, 0.3) is 0 Å². The minimum atomic E-state index is -3.73. The SMILES string of the molecule is O=S(=O)(c1ccc(F)c(F)c1)N1CC[C@@H]2CCCC[C@@H]2C1. The Kier molecular flexibility index (Phi) is 4.01. The van der Waals surface area contributed by atoms with E-state index >= 15 is 0 Å². The zero-order valence-electron chi connectivity index (χ0n) is 11.8. The number of benzene rings is 1. The van der Waals surface area contributed by atoms with Crippen LogP contribution in [0.15, 0.2) is 23.1 Å². The molecule has 1 heterocycles. The second kappa shape index (κ2) is 5.65. The molecule has 1 saturated carbocycles. The molecule has 0 unspecified atom stereocenters. The second-order valence-corrected chi connectivity index (χ2v) is 7.97. The maximum atomic E-state index is 13.3. The highest BCUT2D eigenvalue weighted by atomic mass is 32.2. The minimum Gasteiger partial charge on any atom is -0.207 e. The van der Waals surface area contributed by atoms with Gasteiger partial charge in [0.1, 0.15) is 0 Å². The normalized spacial score (nSPS) is 27.3. The van der Waals surface area contributed by atoms with Crippen molar-refractivity contribution >= 4 is 10.0 Å². The smallest absolute Gasteiger partial charge is 0.207 e. The van der Waals surface area contributed by atoms with Gasteiger partial charge in [-0.2, -0.15) is 4.31 Å². The van der Waals surface area contributed by atoms with Gasteiger partial charge in [-0.15, -0.1) is 0 Å². The van der Waals surface area contributed by atoms with Crippen molar-refractivity contribution in [1.29, 1.82) is 0 Å². The lowest BCUT2D eigenvalue weighted by molar-refractivity contribution is 0.136. The molecule has 1 aromatic rings. The molecule has 2 atom stereocenters. The lowest BCUT2D eigenvalue weighted by atomic mass is 9.76. The first-order valence-corrected chi connectivity index (χ1v) is 8.87. The molecule has 3 nitrogen and oxygen atoms in total. The molecular formula is C15H19F2NO2S. The highest BCUT2D eigenvalue weighted by molar-refractivity contribution is 7.89. The number of hydrogen-bond acceptors (Lipinski definition) is 2. The van der Waals surface area contributed by atoms with Crippen LogP contribution < -0.4 is 0 Å². The van der Waals surface area contributed by atoms with Gasteiger partial charge in [-0.05, 0) is 42.9 Å². The number of rotatable bonds is 2. The van der Waals surface area contributed by atoms with Gasteiger partial charge in [-0.3, -0.25) is 0 Å².